The summed E-state index contributed by atoms with van der Waals surface area (Å²) >= 11 is 6.33. The van der Waals surface area contributed by atoms with E-state index in [1.807, 2.05) is 0 Å². The zero-order valence-corrected chi connectivity index (χ0v) is 34.4. The fourth-order valence-electron chi connectivity index (χ4n) is 6.51. The molecular formula is C39H36ClN5O12S2. The van der Waals surface area contributed by atoms with E-state index in [2.05, 4.69) is 15.5 Å². The van der Waals surface area contributed by atoms with Gasteiger partial charge in [0.15, 0.2) is 5.75 Å². The van der Waals surface area contributed by atoms with Gasteiger partial charge in [0.05, 0.1) is 65.1 Å². The number of methoxy groups -OCH3 is 3. The number of anilines is 1. The Morgan fingerprint density at radius 2 is 1.46 bits per heavy atom. The summed E-state index contributed by atoms with van der Waals surface area (Å²) in [4.78, 5) is 40.5. The van der Waals surface area contributed by atoms with Crippen LogP contribution in [-0.4, -0.2) is 87.8 Å². The maximum Gasteiger partial charge on any atom is 0.294 e. The molecule has 0 saturated carbocycles. The van der Waals surface area contributed by atoms with Gasteiger partial charge in [-0.05, 0) is 65.5 Å². The standard InChI is InChI=1S/C39H36ClN5O12S2/c1-6-44(7-2)58(50,51)23-12-13-31(55-3)30(16-23)42-43-35-26-17-34(59(52,53)54)22(20-45-38(48)24-10-8-9-11-25(24)39(45)49)14-21(26)15-27(36(35)46)37(47)41-29-18-28(40)32(56-4)19-33(29)57-5/h8-19,46H,6-7,20H2,1-5H3,(H,41,47)(H,52,53,54). The first-order valence-corrected chi connectivity index (χ1v) is 20.8. The van der Waals surface area contributed by atoms with Crippen molar-refractivity contribution in [2.75, 3.05) is 39.7 Å². The highest BCUT2D eigenvalue weighted by Crippen LogP contribution is 2.44. The van der Waals surface area contributed by atoms with Gasteiger partial charge in [-0.25, -0.2) is 8.42 Å². The minimum Gasteiger partial charge on any atom is -0.505 e. The Bertz CT molecular complexity index is 2780. The molecule has 0 unspecified atom stereocenters. The molecule has 6 rings (SSSR count). The van der Waals surface area contributed by atoms with Crippen molar-refractivity contribution in [3.63, 3.8) is 0 Å². The molecule has 3 N–H and O–H groups in total. The number of sulfonamides is 1. The van der Waals surface area contributed by atoms with E-state index < -0.39 is 66.3 Å². The van der Waals surface area contributed by atoms with Crippen LogP contribution in [0.3, 0.4) is 0 Å². The van der Waals surface area contributed by atoms with Crippen molar-refractivity contribution in [3.8, 4) is 23.0 Å². The fraction of sp³-hybridized carbons (Fsp3) is 0.205. The van der Waals surface area contributed by atoms with Gasteiger partial charge in [0, 0.05) is 24.5 Å². The highest BCUT2D eigenvalue weighted by atomic mass is 35.5. The van der Waals surface area contributed by atoms with Crippen LogP contribution in [0.2, 0.25) is 5.02 Å². The molecule has 0 saturated heterocycles. The molecule has 5 aromatic rings. The van der Waals surface area contributed by atoms with Crippen molar-refractivity contribution in [2.24, 2.45) is 10.2 Å². The number of rotatable bonds is 14. The molecule has 17 nitrogen and oxygen atoms in total. The molecule has 0 aromatic heterocycles. The van der Waals surface area contributed by atoms with Crippen molar-refractivity contribution < 1.29 is 55.1 Å². The van der Waals surface area contributed by atoms with Crippen LogP contribution in [0.1, 0.15) is 50.5 Å². The van der Waals surface area contributed by atoms with E-state index >= 15 is 0 Å². The van der Waals surface area contributed by atoms with Gasteiger partial charge >= 0.3 is 0 Å². The van der Waals surface area contributed by atoms with Crippen molar-refractivity contribution in [3.05, 3.63) is 100 Å². The summed E-state index contributed by atoms with van der Waals surface area (Å²) in [6.07, 6.45) is 0. The third kappa shape index (κ3) is 8.02. The lowest BCUT2D eigenvalue weighted by molar-refractivity contribution is 0.0640. The first kappa shape index (κ1) is 42.5. The summed E-state index contributed by atoms with van der Waals surface area (Å²) in [6.45, 7) is 3.08. The van der Waals surface area contributed by atoms with Crippen LogP contribution in [0.5, 0.6) is 23.0 Å². The lowest BCUT2D eigenvalue weighted by atomic mass is 10.00. The third-order valence-corrected chi connectivity index (χ3v) is 12.7. The number of imide groups is 1. The number of nitrogens with one attached hydrogen (secondary N) is 1. The van der Waals surface area contributed by atoms with E-state index in [4.69, 9.17) is 25.8 Å². The molecule has 0 atom stereocenters. The maximum absolute atomic E-state index is 14.0. The van der Waals surface area contributed by atoms with Crippen LogP contribution in [0, 0.1) is 0 Å². The van der Waals surface area contributed by atoms with E-state index in [9.17, 15) is 40.9 Å². The van der Waals surface area contributed by atoms with Crippen LogP contribution < -0.4 is 19.5 Å². The predicted octanol–water partition coefficient (Wildman–Crippen LogP) is 6.97. The maximum atomic E-state index is 14.0. The SMILES string of the molecule is CCN(CC)S(=O)(=O)c1ccc(OC)c(N=Nc2c(O)c(C(=O)Nc3cc(Cl)c(OC)cc3OC)cc3cc(CN4C(=O)c5ccccc5C4=O)c(S(=O)(=O)O)cc23)c1. The normalized spacial score (nSPS) is 13.1. The van der Waals surface area contributed by atoms with Crippen molar-refractivity contribution >= 4 is 77.3 Å². The molecule has 0 spiro atoms. The summed E-state index contributed by atoms with van der Waals surface area (Å²) in [6, 6.07) is 16.0. The number of fused-ring (bicyclic) bond motifs is 2. The number of hydrogen-bond acceptors (Lipinski definition) is 13. The Labute approximate surface area is 343 Å². The minimum atomic E-state index is -5.11. The number of carbonyl (C=O) groups excluding carboxylic acids is 3. The predicted molar refractivity (Wildman–Crippen MR) is 216 cm³/mol. The van der Waals surface area contributed by atoms with E-state index in [-0.39, 0.29) is 79.1 Å². The fourth-order valence-corrected chi connectivity index (χ4v) is 8.95. The first-order chi connectivity index (χ1) is 28.0. The van der Waals surface area contributed by atoms with Crippen LogP contribution in [0.4, 0.5) is 17.1 Å². The van der Waals surface area contributed by atoms with Gasteiger partial charge < -0.3 is 24.6 Å². The van der Waals surface area contributed by atoms with Gasteiger partial charge in [0.1, 0.15) is 28.6 Å². The third-order valence-electron chi connectivity index (χ3n) is 9.47. The topological polar surface area (TPSA) is 231 Å². The molecule has 5 aromatic carbocycles. The number of carbonyl (C=O) groups is 3. The zero-order valence-electron chi connectivity index (χ0n) is 32.0. The van der Waals surface area contributed by atoms with Crippen LogP contribution in [0.15, 0.2) is 92.8 Å². The number of aromatic hydroxyl groups is 1. The van der Waals surface area contributed by atoms with E-state index in [1.165, 1.54) is 80.2 Å². The monoisotopic (exact) mass is 865 g/mol. The number of benzene rings is 5. The first-order valence-electron chi connectivity index (χ1n) is 17.6. The number of hydrogen-bond donors (Lipinski definition) is 3. The molecule has 0 aliphatic carbocycles. The second kappa shape index (κ2) is 16.6. The number of amides is 3. The van der Waals surface area contributed by atoms with E-state index in [0.29, 0.717) is 0 Å². The Hall–Kier alpha value is -6.12. The van der Waals surface area contributed by atoms with Gasteiger partial charge in [-0.3, -0.25) is 23.8 Å². The molecule has 59 heavy (non-hydrogen) atoms. The summed E-state index contributed by atoms with van der Waals surface area (Å²) in [5.74, 6) is -2.74. The van der Waals surface area contributed by atoms with Crippen LogP contribution in [-0.2, 0) is 26.7 Å². The smallest absolute Gasteiger partial charge is 0.294 e. The highest BCUT2D eigenvalue weighted by molar-refractivity contribution is 7.89. The summed E-state index contributed by atoms with van der Waals surface area (Å²) in [5, 5.41) is 22.7. The van der Waals surface area contributed by atoms with Gasteiger partial charge in [0.2, 0.25) is 10.0 Å². The Kier molecular flexibility index (Phi) is 12.0. The largest absolute Gasteiger partial charge is 0.505 e. The van der Waals surface area contributed by atoms with Gasteiger partial charge in [-0.15, -0.1) is 10.2 Å². The van der Waals surface area contributed by atoms with Gasteiger partial charge in [0.25, 0.3) is 27.8 Å². The number of ether oxygens (including phenoxy) is 3. The van der Waals surface area contributed by atoms with Gasteiger partial charge in [-0.2, -0.15) is 12.7 Å². The number of azo groups is 1. The molecule has 3 amide bonds. The quantitative estimate of drug-likeness (QED) is 0.0584. The molecule has 1 aliphatic rings. The van der Waals surface area contributed by atoms with Crippen molar-refractivity contribution in [1.29, 1.82) is 0 Å². The number of nitrogens with zero attached hydrogens (tertiary/aromatic N) is 4. The van der Waals surface area contributed by atoms with E-state index in [0.717, 1.165) is 11.0 Å². The molecular weight excluding hydrogens is 830 g/mol. The minimum absolute atomic E-state index is 0.0328. The summed E-state index contributed by atoms with van der Waals surface area (Å²) in [5.41, 5.74) is -1.03. The van der Waals surface area contributed by atoms with Crippen molar-refractivity contribution in [1.82, 2.24) is 9.21 Å². The van der Waals surface area contributed by atoms with Gasteiger partial charge in [-0.1, -0.05) is 37.6 Å². The second-order valence-electron chi connectivity index (χ2n) is 12.8. The summed E-state index contributed by atoms with van der Waals surface area (Å²) < 4.78 is 80.3. The zero-order chi connectivity index (χ0) is 43.0. The molecule has 0 bridgehead atoms. The van der Waals surface area contributed by atoms with Crippen LogP contribution in [0.25, 0.3) is 10.8 Å². The molecule has 20 heteroatoms. The van der Waals surface area contributed by atoms with Crippen LogP contribution >= 0.6 is 11.6 Å². The molecule has 308 valence electrons. The highest BCUT2D eigenvalue weighted by Gasteiger charge is 2.36. The lowest BCUT2D eigenvalue weighted by Gasteiger charge is -2.19. The lowest BCUT2D eigenvalue weighted by Crippen LogP contribution is -2.30. The summed E-state index contributed by atoms with van der Waals surface area (Å²) in [7, 11) is -5.08. The van der Waals surface area contributed by atoms with Crippen molar-refractivity contribution in [2.45, 2.75) is 30.2 Å². The average Bonchev–Trinajstić information content (AvgIpc) is 3.44. The second-order valence-corrected chi connectivity index (χ2v) is 16.5. The number of phenols is 1. The average molecular weight is 866 g/mol. The van der Waals surface area contributed by atoms with E-state index in [1.54, 1.807) is 26.0 Å². The molecule has 0 radical (unpaired) electrons. The number of halogens is 1. The Balaban J connectivity index is 1.56. The molecule has 0 fully saturated rings. The molecule has 1 aliphatic heterocycles. The Morgan fingerprint density at radius 3 is 2.03 bits per heavy atom. The molecule has 1 heterocycles. The number of phenolic OH excluding ortho intramolecular Hbond substituents is 1. The Morgan fingerprint density at radius 1 is 0.831 bits per heavy atom.